The Kier molecular flexibility index (Phi) is 4.24. The van der Waals surface area contributed by atoms with E-state index in [1.54, 1.807) is 24.3 Å². The average Bonchev–Trinajstić information content (AvgIpc) is 2.90. The number of hydrogen-bond donors (Lipinski definition) is 2. The lowest BCUT2D eigenvalue weighted by molar-refractivity contribution is 0.261. The summed E-state index contributed by atoms with van der Waals surface area (Å²) in [5, 5.41) is 16.9. The van der Waals surface area contributed by atoms with E-state index in [1.165, 1.54) is 12.1 Å². The molecule has 1 unspecified atom stereocenters. The van der Waals surface area contributed by atoms with Crippen LogP contribution in [0.4, 0.5) is 11.4 Å². The zero-order chi connectivity index (χ0) is 17.3. The van der Waals surface area contributed by atoms with Crippen LogP contribution < -0.4 is 5.90 Å². The molecule has 123 valence electrons. The van der Waals surface area contributed by atoms with Crippen LogP contribution in [0.5, 0.6) is 0 Å². The molecule has 3 rings (SSSR count). The molecule has 0 spiro atoms. The van der Waals surface area contributed by atoms with Crippen LogP contribution in [0.25, 0.3) is 10.8 Å². The van der Waals surface area contributed by atoms with E-state index in [1.807, 2.05) is 13.8 Å². The van der Waals surface area contributed by atoms with Gasteiger partial charge in [0.25, 0.3) is 0 Å². The van der Waals surface area contributed by atoms with Crippen LogP contribution in [0.15, 0.2) is 51.5 Å². The number of H-pyrrole nitrogens is 1. The number of nitrogens with zero attached hydrogens (tertiary/aromatic N) is 3. The van der Waals surface area contributed by atoms with Gasteiger partial charge in [0, 0.05) is 17.5 Å². The van der Waals surface area contributed by atoms with E-state index in [2.05, 4.69) is 24.7 Å². The van der Waals surface area contributed by atoms with Gasteiger partial charge in [0.05, 0.1) is 21.6 Å². The molecule has 8 nitrogen and oxygen atoms in total. The summed E-state index contributed by atoms with van der Waals surface area (Å²) in [6.45, 7) is 3.70. The lowest BCUT2D eigenvalue weighted by Gasteiger charge is -2.02. The Morgan fingerprint density at radius 2 is 2.00 bits per heavy atom. The normalized spacial score (nSPS) is 14.3. The number of fused-ring (bicyclic) bond motifs is 1. The number of hydrogen-bond acceptors (Lipinski definition) is 6. The van der Waals surface area contributed by atoms with Crippen LogP contribution in [0.1, 0.15) is 11.4 Å². The number of rotatable bonds is 4. The molecule has 1 heterocycles. The molecular weight excluding hydrogens is 330 g/mol. The molecule has 1 atom stereocenters. The third-order valence-electron chi connectivity index (χ3n) is 3.59. The van der Waals surface area contributed by atoms with E-state index in [9.17, 15) is 8.76 Å². The van der Waals surface area contributed by atoms with E-state index in [4.69, 9.17) is 5.90 Å². The van der Waals surface area contributed by atoms with Gasteiger partial charge in [-0.2, -0.15) is 11.0 Å². The second-order valence-electron chi connectivity index (χ2n) is 5.19. The topological polar surface area (TPSA) is 126 Å². The molecule has 0 saturated carbocycles. The van der Waals surface area contributed by atoms with Crippen molar-refractivity contribution in [2.75, 3.05) is 0 Å². The third kappa shape index (κ3) is 2.97. The minimum absolute atomic E-state index is 0.0203. The molecule has 0 aliphatic carbocycles. The summed E-state index contributed by atoms with van der Waals surface area (Å²) < 4.78 is 27.4. The number of aryl methyl sites for hydroxylation is 2. The number of nitrogens with one attached hydrogen (secondary N) is 1. The van der Waals surface area contributed by atoms with Gasteiger partial charge >= 0.3 is 10.5 Å². The summed E-state index contributed by atoms with van der Waals surface area (Å²) in [6, 6.07) is 9.88. The fourth-order valence-corrected chi connectivity index (χ4v) is 2.96. The molecule has 0 aliphatic rings. The van der Waals surface area contributed by atoms with E-state index in [0.717, 1.165) is 16.8 Å². The summed E-state index contributed by atoms with van der Waals surface area (Å²) in [5.74, 6) is 4.81. The fraction of sp³-hybridized carbons (Fsp3) is 0.133. The first-order chi connectivity index (χ1) is 11.4. The molecule has 1 aromatic heterocycles. The van der Waals surface area contributed by atoms with Gasteiger partial charge in [-0.15, -0.1) is 10.2 Å². The van der Waals surface area contributed by atoms with E-state index < -0.39 is 10.5 Å². The monoisotopic (exact) mass is 345 g/mol. The molecule has 0 bridgehead atoms. The van der Waals surface area contributed by atoms with Crippen molar-refractivity contribution in [1.29, 1.82) is 0 Å². The number of aromatic amines is 1. The zero-order valence-corrected chi connectivity index (χ0v) is 13.8. The highest BCUT2D eigenvalue weighted by molar-refractivity contribution is 7.93. The van der Waals surface area contributed by atoms with Crippen LogP contribution in [0.2, 0.25) is 0 Å². The average molecular weight is 345 g/mol. The Morgan fingerprint density at radius 3 is 2.67 bits per heavy atom. The predicted octanol–water partition coefficient (Wildman–Crippen LogP) is 3.60. The van der Waals surface area contributed by atoms with E-state index >= 15 is 0 Å². The van der Waals surface area contributed by atoms with Gasteiger partial charge in [-0.1, -0.05) is 12.1 Å². The van der Waals surface area contributed by atoms with Crippen molar-refractivity contribution in [3.63, 3.8) is 0 Å². The molecule has 3 N–H and O–H groups in total. The van der Waals surface area contributed by atoms with Crippen LogP contribution in [-0.2, 0) is 23.5 Å². The van der Waals surface area contributed by atoms with Gasteiger partial charge < -0.3 is 0 Å². The smallest absolute Gasteiger partial charge is 0.280 e. The minimum atomic E-state index is -3.95. The van der Waals surface area contributed by atoms with Crippen LogP contribution in [0.3, 0.4) is 0 Å². The number of benzene rings is 2. The Balaban J connectivity index is 2.05. The summed E-state index contributed by atoms with van der Waals surface area (Å²) >= 11 is 0. The largest absolute Gasteiger partial charge is 0.447 e. The van der Waals surface area contributed by atoms with Gasteiger partial charge in [0.15, 0.2) is 0 Å². The van der Waals surface area contributed by atoms with Gasteiger partial charge in [0.2, 0.25) is 4.90 Å². The summed E-state index contributed by atoms with van der Waals surface area (Å²) in [7, 11) is -3.95. The molecular formula is C15H15N5O3S+. The van der Waals surface area contributed by atoms with Crippen LogP contribution >= 0.6 is 0 Å². The molecule has 3 aromatic rings. The Hall–Kier alpha value is -2.46. The molecule has 2 aromatic carbocycles. The van der Waals surface area contributed by atoms with Crippen molar-refractivity contribution in [3.8, 4) is 0 Å². The highest BCUT2D eigenvalue weighted by Gasteiger charge is 2.34. The van der Waals surface area contributed by atoms with Crippen molar-refractivity contribution >= 4 is 32.6 Å². The molecule has 0 fully saturated rings. The van der Waals surface area contributed by atoms with Crippen molar-refractivity contribution in [2.24, 2.45) is 16.1 Å². The number of nitrogens with two attached hydrogens (primary N) is 1. The maximum Gasteiger partial charge on any atom is 0.447 e. The Bertz CT molecular complexity index is 963. The SMILES string of the molecule is Cc1n[nH]c(C)c1N=Nc1cccc2cc([S+]([O])(=O)ON)ccc12. The lowest BCUT2D eigenvalue weighted by Crippen LogP contribution is -2.16. The van der Waals surface area contributed by atoms with Crippen LogP contribution in [0, 0.1) is 13.8 Å². The molecule has 0 saturated heterocycles. The maximum atomic E-state index is 11.7. The molecule has 9 heteroatoms. The lowest BCUT2D eigenvalue weighted by atomic mass is 10.1. The first kappa shape index (κ1) is 16.4. The van der Waals surface area contributed by atoms with Gasteiger partial charge in [-0.05, 0) is 39.9 Å². The Labute approximate surface area is 139 Å². The third-order valence-corrected chi connectivity index (χ3v) is 4.68. The molecule has 1 radical (unpaired) electrons. The van der Waals surface area contributed by atoms with Crippen molar-refractivity contribution in [3.05, 3.63) is 47.8 Å². The highest BCUT2D eigenvalue weighted by atomic mass is 32.3. The quantitative estimate of drug-likeness (QED) is 0.425. The summed E-state index contributed by atoms with van der Waals surface area (Å²) in [6.07, 6.45) is 0. The summed E-state index contributed by atoms with van der Waals surface area (Å²) in [4.78, 5) is -0.0203. The second kappa shape index (κ2) is 6.21. The predicted molar refractivity (Wildman–Crippen MR) is 88.5 cm³/mol. The minimum Gasteiger partial charge on any atom is -0.280 e. The number of azo groups is 1. The summed E-state index contributed by atoms with van der Waals surface area (Å²) in [5.41, 5.74) is 2.88. The molecule has 24 heavy (non-hydrogen) atoms. The number of aromatic nitrogens is 2. The molecule has 0 amide bonds. The fourth-order valence-electron chi connectivity index (χ4n) is 2.34. The van der Waals surface area contributed by atoms with Gasteiger partial charge in [0.1, 0.15) is 5.69 Å². The van der Waals surface area contributed by atoms with Gasteiger partial charge in [-0.3, -0.25) is 5.10 Å². The maximum absolute atomic E-state index is 11.7. The van der Waals surface area contributed by atoms with Crippen molar-refractivity contribution in [2.45, 2.75) is 18.7 Å². The van der Waals surface area contributed by atoms with Gasteiger partial charge in [-0.25, -0.2) is 0 Å². The van der Waals surface area contributed by atoms with Crippen molar-refractivity contribution in [1.82, 2.24) is 10.2 Å². The second-order valence-corrected chi connectivity index (χ2v) is 6.77. The first-order valence-corrected chi connectivity index (χ1v) is 8.42. The van der Waals surface area contributed by atoms with Crippen LogP contribution in [-0.4, -0.2) is 10.2 Å². The first-order valence-electron chi connectivity index (χ1n) is 7.02. The van der Waals surface area contributed by atoms with Crippen molar-refractivity contribution < 1.29 is 13.0 Å². The Morgan fingerprint density at radius 1 is 1.21 bits per heavy atom. The van der Waals surface area contributed by atoms with E-state index in [0.29, 0.717) is 16.8 Å². The van der Waals surface area contributed by atoms with E-state index in [-0.39, 0.29) is 4.90 Å². The zero-order valence-electron chi connectivity index (χ0n) is 13.0. The highest BCUT2D eigenvalue weighted by Crippen LogP contribution is 2.31. The standard InChI is InChI=1S/C15H15N5O3S/c1-9-15(10(2)18-17-9)20-19-14-5-3-4-11-8-12(6-7-13(11)14)24(21,22)23-16/h3-8H,16H2,1-2H3,(H,17,18)/q+1. The molecule has 0 aliphatic heterocycles.